The highest BCUT2D eigenvalue weighted by Crippen LogP contribution is 2.38. The maximum Gasteiger partial charge on any atom is 0.330 e. The summed E-state index contributed by atoms with van der Waals surface area (Å²) < 4.78 is 18.4. The van der Waals surface area contributed by atoms with Gasteiger partial charge in [0.1, 0.15) is 22.5 Å². The monoisotopic (exact) mass is 820 g/mol. The number of likely N-dealkylation sites (tertiary alicyclic amines) is 1. The van der Waals surface area contributed by atoms with Gasteiger partial charge in [0.2, 0.25) is 11.9 Å². The summed E-state index contributed by atoms with van der Waals surface area (Å²) >= 11 is 0. The van der Waals surface area contributed by atoms with Crippen LogP contribution < -0.4 is 36.8 Å². The minimum Gasteiger partial charge on any atom is -0.497 e. The molecule has 1 unspecified atom stereocenters. The number of ether oxygens (including phenoxy) is 2. The Labute approximate surface area is 351 Å². The number of aromatic nitrogens is 8. The van der Waals surface area contributed by atoms with Crippen molar-refractivity contribution in [2.45, 2.75) is 91.0 Å². The Balaban J connectivity index is 1.12. The third kappa shape index (κ3) is 9.34. The number of methoxy groups -OCH3 is 2. The average molecular weight is 821 g/mol. The van der Waals surface area contributed by atoms with Gasteiger partial charge in [-0.15, -0.1) is 0 Å². The summed E-state index contributed by atoms with van der Waals surface area (Å²) in [4.78, 5) is 49.4. The van der Waals surface area contributed by atoms with Crippen molar-refractivity contribution in [2.24, 2.45) is 0 Å². The van der Waals surface area contributed by atoms with Gasteiger partial charge >= 0.3 is 11.4 Å². The molecule has 3 N–H and O–H groups in total. The molecule has 0 amide bonds. The van der Waals surface area contributed by atoms with E-state index in [1.165, 1.54) is 0 Å². The molecule has 1 saturated heterocycles. The minimum atomic E-state index is -0.116. The topological polar surface area (TPSA) is 163 Å². The molecule has 5 heterocycles. The number of anilines is 2. The Morgan fingerprint density at radius 1 is 0.700 bits per heavy atom. The molecular formula is C44H60N12O4. The Morgan fingerprint density at radius 2 is 1.30 bits per heavy atom. The van der Waals surface area contributed by atoms with E-state index in [1.807, 2.05) is 48.0 Å². The molecule has 7 rings (SSSR count). The highest BCUT2D eigenvalue weighted by molar-refractivity contribution is 5.73. The number of benzene rings is 2. The van der Waals surface area contributed by atoms with Gasteiger partial charge in [-0.05, 0) is 81.1 Å². The summed E-state index contributed by atoms with van der Waals surface area (Å²) in [5, 5.41) is 9.79. The lowest BCUT2D eigenvalue weighted by atomic mass is 10.00. The van der Waals surface area contributed by atoms with Crippen LogP contribution in [-0.2, 0) is 26.2 Å². The molecule has 4 aromatic heterocycles. The molecule has 0 radical (unpaired) electrons. The average Bonchev–Trinajstić information content (AvgIpc) is 3.92. The molecule has 320 valence electrons. The molecule has 1 aliphatic heterocycles. The second kappa shape index (κ2) is 20.0. The van der Waals surface area contributed by atoms with E-state index in [9.17, 15) is 9.59 Å². The van der Waals surface area contributed by atoms with E-state index in [0.29, 0.717) is 61.4 Å². The summed E-state index contributed by atoms with van der Waals surface area (Å²) in [5.41, 5.74) is 5.51. The first-order valence-electron chi connectivity index (χ1n) is 21.5. The zero-order valence-corrected chi connectivity index (χ0v) is 35.7. The van der Waals surface area contributed by atoms with Gasteiger partial charge in [-0.25, -0.2) is 19.6 Å². The molecule has 1 fully saturated rings. The number of unbranched alkanes of at least 4 members (excludes halogenated alkanes) is 2. The number of likely N-dealkylation sites (N-methyl/N-ethyl adjacent to an activating group) is 1. The summed E-state index contributed by atoms with van der Waals surface area (Å²) in [6, 6.07) is 14.1. The third-order valence-electron chi connectivity index (χ3n) is 11.4. The molecule has 2 aromatic carbocycles. The van der Waals surface area contributed by atoms with Crippen LogP contribution >= 0.6 is 0 Å². The van der Waals surface area contributed by atoms with Gasteiger partial charge in [0.05, 0.1) is 39.7 Å². The maximum atomic E-state index is 14.2. The second-order valence-electron chi connectivity index (χ2n) is 15.5. The Bertz CT molecular complexity index is 2470. The molecular weight excluding hydrogens is 761 g/mol. The predicted molar refractivity (Wildman–Crippen MR) is 237 cm³/mol. The van der Waals surface area contributed by atoms with E-state index in [4.69, 9.17) is 19.4 Å². The van der Waals surface area contributed by atoms with Crippen molar-refractivity contribution < 1.29 is 9.47 Å². The Hall–Kier alpha value is -5.74. The van der Waals surface area contributed by atoms with Gasteiger partial charge in [0.15, 0.2) is 11.3 Å². The van der Waals surface area contributed by atoms with Gasteiger partial charge in [0.25, 0.3) is 0 Å². The number of rotatable bonds is 22. The van der Waals surface area contributed by atoms with E-state index in [0.717, 1.165) is 105 Å². The number of aryl methyl sites for hydroxylation is 1. The molecule has 6 aromatic rings. The van der Waals surface area contributed by atoms with E-state index < -0.39 is 0 Å². The van der Waals surface area contributed by atoms with Crippen molar-refractivity contribution in [1.29, 1.82) is 0 Å². The first-order valence-corrected chi connectivity index (χ1v) is 21.5. The van der Waals surface area contributed by atoms with Crippen LogP contribution in [0.1, 0.15) is 81.5 Å². The molecule has 16 nitrogen and oxygen atoms in total. The number of hydrogen-bond donors (Lipinski definition) is 3. The van der Waals surface area contributed by atoms with Crippen LogP contribution in [0.4, 0.5) is 11.9 Å². The summed E-state index contributed by atoms with van der Waals surface area (Å²) in [6.07, 6.45) is 10.4. The van der Waals surface area contributed by atoms with Crippen LogP contribution in [0.2, 0.25) is 0 Å². The number of nitrogens with one attached hydrogen (secondary N) is 3. The molecule has 1 atom stereocenters. The highest BCUT2D eigenvalue weighted by Gasteiger charge is 2.29. The first-order chi connectivity index (χ1) is 29.4. The Morgan fingerprint density at radius 3 is 1.88 bits per heavy atom. The Kier molecular flexibility index (Phi) is 14.1. The quantitative estimate of drug-likeness (QED) is 0.0741. The zero-order chi connectivity index (χ0) is 42.0. The van der Waals surface area contributed by atoms with Crippen molar-refractivity contribution in [1.82, 2.24) is 48.4 Å². The van der Waals surface area contributed by atoms with Gasteiger partial charge in [-0.1, -0.05) is 44.9 Å². The first kappa shape index (κ1) is 42.4. The lowest BCUT2D eigenvalue weighted by Gasteiger charge is -2.26. The number of fused-ring (bicyclic) bond motifs is 2. The van der Waals surface area contributed by atoms with E-state index >= 15 is 0 Å². The molecule has 1 aliphatic rings. The van der Waals surface area contributed by atoms with Crippen LogP contribution in [0.15, 0.2) is 64.4 Å². The zero-order valence-electron chi connectivity index (χ0n) is 35.7. The van der Waals surface area contributed by atoms with Crippen molar-refractivity contribution in [3.05, 3.63) is 92.5 Å². The number of nitrogens with zero attached hydrogens (tertiary/aromatic N) is 9. The third-order valence-corrected chi connectivity index (χ3v) is 11.4. The van der Waals surface area contributed by atoms with Crippen molar-refractivity contribution in [2.75, 3.05) is 64.6 Å². The highest BCUT2D eigenvalue weighted by atomic mass is 16.5. The van der Waals surface area contributed by atoms with Gasteiger partial charge in [0, 0.05) is 50.9 Å². The van der Waals surface area contributed by atoms with Gasteiger partial charge in [-0.2, -0.15) is 9.97 Å². The fourth-order valence-corrected chi connectivity index (χ4v) is 8.17. The second-order valence-corrected chi connectivity index (χ2v) is 15.5. The van der Waals surface area contributed by atoms with Crippen LogP contribution in [0, 0.1) is 0 Å². The fraction of sp³-hybridized carbons (Fsp3) is 0.500. The summed E-state index contributed by atoms with van der Waals surface area (Å²) in [6.45, 7) is 9.97. The summed E-state index contributed by atoms with van der Waals surface area (Å²) in [7, 11) is 5.23. The van der Waals surface area contributed by atoms with Crippen LogP contribution in [0.3, 0.4) is 0 Å². The molecule has 0 spiro atoms. The predicted octanol–water partition coefficient (Wildman–Crippen LogP) is 5.48. The van der Waals surface area contributed by atoms with Crippen molar-refractivity contribution in [3.63, 3.8) is 0 Å². The number of hydrogen-bond acceptors (Lipinski definition) is 12. The SMILES string of the molecule is CCCCNc1ncc2c(n1)n(Cc1ccc(OC)cc1)c(=O)n2CCCN1CCCC1c1cc(Cn2c(=O)n(CCNC)c3cnc(NCCCC)nc32)ccc1OC. The van der Waals surface area contributed by atoms with Crippen LogP contribution in [0.25, 0.3) is 22.3 Å². The van der Waals surface area contributed by atoms with Crippen LogP contribution in [-0.4, -0.2) is 97.1 Å². The van der Waals surface area contributed by atoms with Gasteiger partial charge < -0.3 is 25.4 Å². The van der Waals surface area contributed by atoms with E-state index in [2.05, 4.69) is 50.7 Å². The molecule has 60 heavy (non-hydrogen) atoms. The van der Waals surface area contributed by atoms with Gasteiger partial charge in [-0.3, -0.25) is 23.2 Å². The summed E-state index contributed by atoms with van der Waals surface area (Å²) in [5.74, 6) is 2.63. The number of imidazole rings is 2. The normalized spacial score (nSPS) is 14.4. The maximum absolute atomic E-state index is 14.2. The standard InChI is InChI=1S/C44H60N12O4/c1-6-8-19-46-41-48-27-36-39(50-41)55(29-31-13-16-33(59-4)17-14-31)43(57)53(36)24-11-23-52-22-10-12-35(52)34-26-32(15-18-38(34)60-5)30-56-40-37(54(44(56)58)25-21-45-3)28-49-42(51-40)47-20-9-7-2/h13-18,26-28,35,45H,6-12,19-25,29-30H2,1-5H3,(H,46,48,50)(H,47,49,51). The molecule has 0 saturated carbocycles. The molecule has 0 bridgehead atoms. The molecule has 16 heteroatoms. The van der Waals surface area contributed by atoms with Crippen molar-refractivity contribution >= 4 is 34.2 Å². The van der Waals surface area contributed by atoms with Crippen molar-refractivity contribution in [3.8, 4) is 11.5 Å². The molecule has 0 aliphatic carbocycles. The van der Waals surface area contributed by atoms with E-state index in [-0.39, 0.29) is 17.4 Å². The lowest BCUT2D eigenvalue weighted by molar-refractivity contribution is 0.244. The largest absolute Gasteiger partial charge is 0.497 e. The van der Waals surface area contributed by atoms with Crippen LogP contribution in [0.5, 0.6) is 11.5 Å². The minimum absolute atomic E-state index is 0.107. The van der Waals surface area contributed by atoms with E-state index in [1.54, 1.807) is 40.3 Å². The smallest absolute Gasteiger partial charge is 0.330 e. The lowest BCUT2D eigenvalue weighted by Crippen LogP contribution is -2.29. The fourth-order valence-electron chi connectivity index (χ4n) is 8.17.